The molecule has 0 aliphatic carbocycles. The second-order valence-corrected chi connectivity index (χ2v) is 6.14. The summed E-state index contributed by atoms with van der Waals surface area (Å²) >= 11 is 1.62. The Balaban J connectivity index is 2.26. The Bertz CT molecular complexity index is 507. The van der Waals surface area contributed by atoms with Gasteiger partial charge >= 0.3 is 0 Å². The van der Waals surface area contributed by atoms with E-state index in [0.717, 1.165) is 16.3 Å². The largest absolute Gasteiger partial charge is 0.318 e. The number of nitrogens with zero attached hydrogens (tertiary/aromatic N) is 3. The van der Waals surface area contributed by atoms with Gasteiger partial charge in [0.05, 0.1) is 17.9 Å². The van der Waals surface area contributed by atoms with Gasteiger partial charge in [0.15, 0.2) is 0 Å². The van der Waals surface area contributed by atoms with Crippen molar-refractivity contribution in [3.8, 4) is 0 Å². The molecule has 0 aromatic carbocycles. The number of thiazole rings is 1. The fraction of sp³-hybridized carbons (Fsp3) is 0.500. The smallest absolute Gasteiger partial charge is 0.114 e. The van der Waals surface area contributed by atoms with E-state index in [2.05, 4.69) is 36.2 Å². The summed E-state index contributed by atoms with van der Waals surface area (Å²) < 4.78 is 1.76. The van der Waals surface area contributed by atoms with Gasteiger partial charge in [0.25, 0.3) is 0 Å². The predicted molar refractivity (Wildman–Crippen MR) is 70.1 cm³/mol. The third-order valence-electron chi connectivity index (χ3n) is 2.64. The molecule has 1 atom stereocenters. The van der Waals surface area contributed by atoms with Crippen molar-refractivity contribution in [2.75, 3.05) is 0 Å². The van der Waals surface area contributed by atoms with Gasteiger partial charge in [0, 0.05) is 29.6 Å². The average molecular weight is 250 g/mol. The molecule has 92 valence electrons. The van der Waals surface area contributed by atoms with Crippen LogP contribution >= 0.6 is 11.3 Å². The third kappa shape index (κ3) is 2.56. The normalized spacial score (nSPS) is 13.9. The summed E-state index contributed by atoms with van der Waals surface area (Å²) in [5, 5.41) is 7.17. The van der Waals surface area contributed by atoms with E-state index in [9.17, 15) is 0 Å². The Kier molecular flexibility index (Phi) is 3.05. The summed E-state index contributed by atoms with van der Waals surface area (Å²) in [4.78, 5) is 4.62. The van der Waals surface area contributed by atoms with Crippen LogP contribution in [0.1, 0.15) is 43.1 Å². The van der Waals surface area contributed by atoms with E-state index >= 15 is 0 Å². The number of aromatic nitrogens is 3. The van der Waals surface area contributed by atoms with E-state index in [-0.39, 0.29) is 11.5 Å². The lowest BCUT2D eigenvalue weighted by Crippen LogP contribution is -2.14. The molecule has 0 saturated heterocycles. The second kappa shape index (κ2) is 4.23. The van der Waals surface area contributed by atoms with E-state index in [1.807, 2.05) is 13.2 Å². The van der Waals surface area contributed by atoms with Crippen LogP contribution in [-0.4, -0.2) is 14.8 Å². The Labute approximate surface area is 105 Å². The molecule has 4 nitrogen and oxygen atoms in total. The van der Waals surface area contributed by atoms with Crippen molar-refractivity contribution in [2.24, 2.45) is 12.8 Å². The van der Waals surface area contributed by atoms with Gasteiger partial charge in [-0.2, -0.15) is 5.10 Å². The van der Waals surface area contributed by atoms with Crippen molar-refractivity contribution in [3.05, 3.63) is 34.0 Å². The lowest BCUT2D eigenvalue weighted by molar-refractivity contribution is 0.569. The van der Waals surface area contributed by atoms with Crippen LogP contribution in [0.5, 0.6) is 0 Å². The number of hydrogen-bond donors (Lipinski definition) is 1. The van der Waals surface area contributed by atoms with Crippen LogP contribution in [0.3, 0.4) is 0 Å². The maximum absolute atomic E-state index is 6.18. The maximum atomic E-state index is 6.18. The van der Waals surface area contributed by atoms with Crippen molar-refractivity contribution in [2.45, 2.75) is 32.2 Å². The molecule has 0 fully saturated rings. The highest BCUT2D eigenvalue weighted by Crippen LogP contribution is 2.28. The quantitative estimate of drug-likeness (QED) is 0.889. The molecular formula is C12H18N4S. The highest BCUT2D eigenvalue weighted by Gasteiger charge is 2.20. The SMILES string of the molecule is Cn1cc(C(N)c2nc(C(C)(C)C)cs2)cn1. The van der Waals surface area contributed by atoms with Crippen LogP contribution in [0.2, 0.25) is 0 Å². The highest BCUT2D eigenvalue weighted by atomic mass is 32.1. The summed E-state index contributed by atoms with van der Waals surface area (Å²) in [5.74, 6) is 0. The monoisotopic (exact) mass is 250 g/mol. The number of rotatable bonds is 2. The zero-order valence-electron chi connectivity index (χ0n) is 10.6. The molecule has 17 heavy (non-hydrogen) atoms. The molecular weight excluding hydrogens is 232 g/mol. The molecule has 5 heteroatoms. The zero-order chi connectivity index (χ0) is 12.6. The van der Waals surface area contributed by atoms with Crippen LogP contribution in [0.25, 0.3) is 0 Å². The van der Waals surface area contributed by atoms with E-state index in [0.29, 0.717) is 0 Å². The van der Waals surface area contributed by atoms with E-state index in [1.54, 1.807) is 22.2 Å². The lowest BCUT2D eigenvalue weighted by atomic mass is 9.93. The second-order valence-electron chi connectivity index (χ2n) is 5.25. The van der Waals surface area contributed by atoms with Gasteiger partial charge in [-0.25, -0.2) is 4.98 Å². The summed E-state index contributed by atoms with van der Waals surface area (Å²) in [6.07, 6.45) is 3.73. The standard InChI is InChI=1S/C12H18N4S/c1-12(2,3)9-7-17-11(15-9)10(13)8-5-14-16(4)6-8/h5-7,10H,13H2,1-4H3. The molecule has 2 heterocycles. The van der Waals surface area contributed by atoms with Crippen molar-refractivity contribution >= 4 is 11.3 Å². The molecule has 2 aromatic heterocycles. The van der Waals surface area contributed by atoms with Crippen molar-refractivity contribution in [3.63, 3.8) is 0 Å². The Morgan fingerprint density at radius 2 is 2.12 bits per heavy atom. The van der Waals surface area contributed by atoms with Crippen LogP contribution < -0.4 is 5.73 Å². The van der Waals surface area contributed by atoms with E-state index in [4.69, 9.17) is 5.73 Å². The molecule has 0 bridgehead atoms. The summed E-state index contributed by atoms with van der Waals surface area (Å²) in [5.41, 5.74) is 8.35. The first-order valence-electron chi connectivity index (χ1n) is 5.58. The van der Waals surface area contributed by atoms with Crippen molar-refractivity contribution in [1.82, 2.24) is 14.8 Å². The molecule has 2 rings (SSSR count). The Hall–Kier alpha value is -1.20. The van der Waals surface area contributed by atoms with Crippen LogP contribution in [0.15, 0.2) is 17.8 Å². The van der Waals surface area contributed by atoms with Gasteiger partial charge in [-0.1, -0.05) is 20.8 Å². The summed E-state index contributed by atoms with van der Waals surface area (Å²) in [6.45, 7) is 6.46. The fourth-order valence-electron chi connectivity index (χ4n) is 1.52. The minimum atomic E-state index is -0.176. The molecule has 0 aliphatic rings. The van der Waals surface area contributed by atoms with Gasteiger partial charge in [-0.3, -0.25) is 4.68 Å². The number of aryl methyl sites for hydroxylation is 1. The molecule has 1 unspecified atom stereocenters. The summed E-state index contributed by atoms with van der Waals surface area (Å²) in [7, 11) is 1.89. The Morgan fingerprint density at radius 1 is 1.41 bits per heavy atom. The van der Waals surface area contributed by atoms with Crippen molar-refractivity contribution in [1.29, 1.82) is 0 Å². The fourth-order valence-corrected chi connectivity index (χ4v) is 2.59. The minimum Gasteiger partial charge on any atom is -0.318 e. The number of hydrogen-bond acceptors (Lipinski definition) is 4. The number of nitrogens with two attached hydrogens (primary N) is 1. The van der Waals surface area contributed by atoms with E-state index in [1.165, 1.54) is 0 Å². The predicted octanol–water partition coefficient (Wildman–Crippen LogP) is 2.22. The van der Waals surface area contributed by atoms with Gasteiger partial charge in [-0.05, 0) is 0 Å². The molecule has 2 aromatic rings. The molecule has 2 N–H and O–H groups in total. The average Bonchev–Trinajstić information content (AvgIpc) is 2.83. The van der Waals surface area contributed by atoms with Gasteiger partial charge < -0.3 is 5.73 Å². The van der Waals surface area contributed by atoms with Crippen LogP contribution in [0.4, 0.5) is 0 Å². The topological polar surface area (TPSA) is 56.7 Å². The third-order valence-corrected chi connectivity index (χ3v) is 3.57. The van der Waals surface area contributed by atoms with Crippen molar-refractivity contribution < 1.29 is 0 Å². The minimum absolute atomic E-state index is 0.0728. The van der Waals surface area contributed by atoms with Crippen LogP contribution in [0, 0.1) is 0 Å². The van der Waals surface area contributed by atoms with Crippen LogP contribution in [-0.2, 0) is 12.5 Å². The first-order valence-corrected chi connectivity index (χ1v) is 6.46. The van der Waals surface area contributed by atoms with E-state index < -0.39 is 0 Å². The maximum Gasteiger partial charge on any atom is 0.114 e. The first kappa shape index (κ1) is 12.3. The van der Waals surface area contributed by atoms with Gasteiger partial charge in [0.1, 0.15) is 5.01 Å². The summed E-state index contributed by atoms with van der Waals surface area (Å²) in [6, 6.07) is -0.176. The first-order chi connectivity index (χ1) is 7.88. The zero-order valence-corrected chi connectivity index (χ0v) is 11.5. The molecule has 0 spiro atoms. The van der Waals surface area contributed by atoms with Gasteiger partial charge in [-0.15, -0.1) is 11.3 Å². The molecule has 0 saturated carbocycles. The molecule has 0 amide bonds. The highest BCUT2D eigenvalue weighted by molar-refractivity contribution is 7.09. The lowest BCUT2D eigenvalue weighted by Gasteiger charge is -2.14. The Morgan fingerprint density at radius 3 is 2.59 bits per heavy atom. The molecule has 0 aliphatic heterocycles. The van der Waals surface area contributed by atoms with Gasteiger partial charge in [0.2, 0.25) is 0 Å². The molecule has 0 radical (unpaired) electrons.